The van der Waals surface area contributed by atoms with Crippen LogP contribution in [-0.4, -0.2) is 31.7 Å². The second-order valence-electron chi connectivity index (χ2n) is 5.91. The molecule has 4 rings (SSSR count). The number of piperidine rings is 1. The molecule has 1 aliphatic heterocycles. The van der Waals surface area contributed by atoms with Crippen LogP contribution in [0.3, 0.4) is 0 Å². The van der Waals surface area contributed by atoms with Crippen molar-refractivity contribution in [3.05, 3.63) is 52.2 Å². The number of aryl methyl sites for hydroxylation is 1. The maximum atomic E-state index is 12.9. The molecule has 1 aliphatic rings. The number of amides is 1. The van der Waals surface area contributed by atoms with E-state index < -0.39 is 0 Å². The SMILES string of the molecule is Cc1ccc(C(=O)N2CCCC[C@@H]2c2ccn3ccnc3n2)s1. The molecule has 1 atom stereocenters. The number of aromatic nitrogens is 3. The van der Waals surface area contributed by atoms with Crippen LogP contribution in [0.4, 0.5) is 0 Å². The Morgan fingerprint density at radius 3 is 3.00 bits per heavy atom. The van der Waals surface area contributed by atoms with Gasteiger partial charge in [-0.1, -0.05) is 0 Å². The first-order chi connectivity index (χ1) is 11.2. The van der Waals surface area contributed by atoms with E-state index in [2.05, 4.69) is 9.97 Å². The third-order valence-electron chi connectivity index (χ3n) is 4.34. The summed E-state index contributed by atoms with van der Waals surface area (Å²) in [7, 11) is 0. The molecule has 0 unspecified atom stereocenters. The van der Waals surface area contributed by atoms with Crippen LogP contribution >= 0.6 is 11.3 Å². The number of imidazole rings is 1. The lowest BCUT2D eigenvalue weighted by Gasteiger charge is -2.35. The van der Waals surface area contributed by atoms with Gasteiger partial charge >= 0.3 is 0 Å². The van der Waals surface area contributed by atoms with Crippen molar-refractivity contribution in [1.82, 2.24) is 19.3 Å². The zero-order valence-corrected chi connectivity index (χ0v) is 13.8. The molecular weight excluding hydrogens is 308 g/mol. The first-order valence-electron chi connectivity index (χ1n) is 7.89. The quantitative estimate of drug-likeness (QED) is 0.724. The molecule has 0 aromatic carbocycles. The van der Waals surface area contributed by atoms with Gasteiger partial charge in [-0.25, -0.2) is 9.97 Å². The van der Waals surface area contributed by atoms with Gasteiger partial charge in [0.2, 0.25) is 5.78 Å². The Morgan fingerprint density at radius 2 is 2.17 bits per heavy atom. The summed E-state index contributed by atoms with van der Waals surface area (Å²) in [6.07, 6.45) is 8.73. The highest BCUT2D eigenvalue weighted by atomic mass is 32.1. The molecule has 5 nitrogen and oxygen atoms in total. The van der Waals surface area contributed by atoms with Crippen molar-refractivity contribution in [3.63, 3.8) is 0 Å². The number of thiophene rings is 1. The van der Waals surface area contributed by atoms with Gasteiger partial charge in [-0.2, -0.15) is 0 Å². The van der Waals surface area contributed by atoms with Gasteiger partial charge in [0, 0.05) is 30.0 Å². The van der Waals surface area contributed by atoms with Crippen molar-refractivity contribution in [2.45, 2.75) is 32.2 Å². The fraction of sp³-hybridized carbons (Fsp3) is 0.353. The minimum absolute atomic E-state index is 0.0420. The monoisotopic (exact) mass is 326 g/mol. The van der Waals surface area contributed by atoms with E-state index in [1.807, 2.05) is 46.8 Å². The summed E-state index contributed by atoms with van der Waals surface area (Å²) in [5, 5.41) is 0. The van der Waals surface area contributed by atoms with E-state index in [0.717, 1.165) is 36.4 Å². The van der Waals surface area contributed by atoms with Gasteiger partial charge in [0.1, 0.15) is 0 Å². The molecular formula is C17H18N4OS. The van der Waals surface area contributed by atoms with Crippen LogP contribution in [0, 0.1) is 6.92 Å². The summed E-state index contributed by atoms with van der Waals surface area (Å²) in [6.45, 7) is 2.82. The first kappa shape index (κ1) is 14.4. The fourth-order valence-electron chi connectivity index (χ4n) is 3.18. The zero-order chi connectivity index (χ0) is 15.8. The van der Waals surface area contributed by atoms with Gasteiger partial charge in [-0.3, -0.25) is 9.20 Å². The molecule has 0 radical (unpaired) electrons. The third kappa shape index (κ3) is 2.63. The van der Waals surface area contributed by atoms with Crippen molar-refractivity contribution < 1.29 is 4.79 Å². The lowest BCUT2D eigenvalue weighted by Crippen LogP contribution is -2.38. The molecule has 1 amide bonds. The number of likely N-dealkylation sites (tertiary alicyclic amines) is 1. The van der Waals surface area contributed by atoms with E-state index in [1.165, 1.54) is 4.88 Å². The van der Waals surface area contributed by atoms with Gasteiger partial charge in [-0.05, 0) is 44.4 Å². The number of hydrogen-bond acceptors (Lipinski definition) is 4. The van der Waals surface area contributed by atoms with Gasteiger partial charge in [0.05, 0.1) is 16.6 Å². The molecule has 0 N–H and O–H groups in total. The van der Waals surface area contributed by atoms with Gasteiger partial charge in [0.15, 0.2) is 0 Å². The summed E-state index contributed by atoms with van der Waals surface area (Å²) < 4.78 is 1.89. The maximum absolute atomic E-state index is 12.9. The normalized spacial score (nSPS) is 18.5. The molecule has 0 bridgehead atoms. The minimum Gasteiger partial charge on any atom is -0.329 e. The average Bonchev–Trinajstić information content (AvgIpc) is 3.22. The van der Waals surface area contributed by atoms with E-state index in [-0.39, 0.29) is 11.9 Å². The summed E-state index contributed by atoms with van der Waals surface area (Å²) in [5.41, 5.74) is 0.935. The highest BCUT2D eigenvalue weighted by Crippen LogP contribution is 2.32. The molecule has 4 heterocycles. The number of carbonyl (C=O) groups excluding carboxylic acids is 1. The Morgan fingerprint density at radius 1 is 1.26 bits per heavy atom. The Balaban J connectivity index is 1.68. The molecule has 23 heavy (non-hydrogen) atoms. The minimum atomic E-state index is 0.0420. The molecule has 1 saturated heterocycles. The van der Waals surface area contributed by atoms with E-state index in [4.69, 9.17) is 0 Å². The molecule has 6 heteroatoms. The van der Waals surface area contributed by atoms with Gasteiger partial charge < -0.3 is 4.90 Å². The van der Waals surface area contributed by atoms with Crippen molar-refractivity contribution in [1.29, 1.82) is 0 Å². The molecule has 118 valence electrons. The summed E-state index contributed by atoms with van der Waals surface area (Å²) in [4.78, 5) is 25.8. The Labute approximate surface area is 138 Å². The van der Waals surface area contributed by atoms with Crippen LogP contribution in [0.5, 0.6) is 0 Å². The smallest absolute Gasteiger partial charge is 0.264 e. The molecule has 3 aromatic heterocycles. The number of carbonyl (C=O) groups is 1. The molecule has 1 fully saturated rings. The average molecular weight is 326 g/mol. The van der Waals surface area contributed by atoms with Crippen LogP contribution in [0.1, 0.15) is 45.5 Å². The predicted molar refractivity (Wildman–Crippen MR) is 89.7 cm³/mol. The lowest BCUT2D eigenvalue weighted by atomic mass is 9.99. The zero-order valence-electron chi connectivity index (χ0n) is 13.0. The molecule has 0 aliphatic carbocycles. The van der Waals surface area contributed by atoms with E-state index in [1.54, 1.807) is 17.5 Å². The van der Waals surface area contributed by atoms with Gasteiger partial charge in [-0.15, -0.1) is 11.3 Å². The largest absolute Gasteiger partial charge is 0.329 e. The summed E-state index contributed by atoms with van der Waals surface area (Å²) >= 11 is 1.56. The van der Waals surface area contributed by atoms with Crippen molar-refractivity contribution in [2.75, 3.05) is 6.54 Å². The Hall–Kier alpha value is -2.21. The summed E-state index contributed by atoms with van der Waals surface area (Å²) in [6, 6.07) is 5.98. The van der Waals surface area contributed by atoms with E-state index in [9.17, 15) is 4.79 Å². The predicted octanol–water partition coefficient (Wildman–Crippen LogP) is 3.47. The van der Waals surface area contributed by atoms with E-state index >= 15 is 0 Å². The fourth-order valence-corrected chi connectivity index (χ4v) is 4.00. The number of hydrogen-bond donors (Lipinski definition) is 0. The van der Waals surface area contributed by atoms with Gasteiger partial charge in [0.25, 0.3) is 5.91 Å². The highest BCUT2D eigenvalue weighted by molar-refractivity contribution is 7.13. The molecule has 3 aromatic rings. The van der Waals surface area contributed by atoms with Crippen LogP contribution in [0.2, 0.25) is 0 Å². The third-order valence-corrected chi connectivity index (χ3v) is 5.33. The number of nitrogens with zero attached hydrogens (tertiary/aromatic N) is 4. The maximum Gasteiger partial charge on any atom is 0.264 e. The topological polar surface area (TPSA) is 50.5 Å². The second-order valence-corrected chi connectivity index (χ2v) is 7.20. The summed E-state index contributed by atoms with van der Waals surface area (Å²) in [5.74, 6) is 0.810. The second kappa shape index (κ2) is 5.77. The number of fused-ring (bicyclic) bond motifs is 1. The highest BCUT2D eigenvalue weighted by Gasteiger charge is 2.30. The lowest BCUT2D eigenvalue weighted by molar-refractivity contribution is 0.0611. The van der Waals surface area contributed by atoms with Crippen molar-refractivity contribution in [2.24, 2.45) is 0 Å². The van der Waals surface area contributed by atoms with Crippen molar-refractivity contribution >= 4 is 23.0 Å². The number of rotatable bonds is 2. The van der Waals surface area contributed by atoms with Crippen molar-refractivity contribution in [3.8, 4) is 0 Å². The molecule has 0 saturated carbocycles. The Bertz CT molecular complexity index is 853. The van der Waals surface area contributed by atoms with Crippen LogP contribution in [0.15, 0.2) is 36.8 Å². The molecule has 0 spiro atoms. The van der Waals surface area contributed by atoms with Crippen LogP contribution in [0.25, 0.3) is 5.78 Å². The first-order valence-corrected chi connectivity index (χ1v) is 8.71. The van der Waals surface area contributed by atoms with E-state index in [0.29, 0.717) is 5.78 Å². The standard InChI is InChI=1S/C17H18N4OS/c1-12-5-6-15(23-12)16(22)21-9-3-2-4-14(21)13-7-10-20-11-8-18-17(20)19-13/h5-8,10-11,14H,2-4,9H2,1H3/t14-/m1/s1. The van der Waals surface area contributed by atoms with Crippen LogP contribution in [-0.2, 0) is 0 Å². The Kier molecular flexibility index (Phi) is 3.61. The van der Waals surface area contributed by atoms with Crippen LogP contribution < -0.4 is 0 Å².